The van der Waals surface area contributed by atoms with Gasteiger partial charge in [0.05, 0.1) is 40.9 Å². The number of para-hydroxylation sites is 1. The largest absolute Gasteiger partial charge is 0.331 e. The van der Waals surface area contributed by atoms with Crippen LogP contribution < -0.4 is 4.90 Å². The van der Waals surface area contributed by atoms with Crippen molar-refractivity contribution in [3.05, 3.63) is 64.7 Å². The molecule has 2 aromatic carbocycles. The van der Waals surface area contributed by atoms with Crippen molar-refractivity contribution < 1.29 is 4.90 Å². The zero-order chi connectivity index (χ0) is 16.4. The molecular formula is C20H20N3S+. The van der Waals surface area contributed by atoms with Gasteiger partial charge in [0, 0.05) is 5.56 Å². The van der Waals surface area contributed by atoms with Gasteiger partial charge in [0.25, 0.3) is 0 Å². The molecule has 2 heterocycles. The highest BCUT2D eigenvalue weighted by molar-refractivity contribution is 7.18. The smallest absolute Gasteiger partial charge is 0.103 e. The van der Waals surface area contributed by atoms with E-state index >= 15 is 0 Å². The topological polar surface area (TPSA) is 41.1 Å². The minimum absolute atomic E-state index is 0.574. The minimum Gasteiger partial charge on any atom is -0.331 e. The molecule has 1 aliphatic heterocycles. The van der Waals surface area contributed by atoms with Gasteiger partial charge in [0.2, 0.25) is 0 Å². The van der Waals surface area contributed by atoms with Crippen LogP contribution in [0.1, 0.15) is 34.9 Å². The highest BCUT2D eigenvalue weighted by Gasteiger charge is 2.27. The van der Waals surface area contributed by atoms with E-state index in [0.29, 0.717) is 5.92 Å². The molecule has 0 aliphatic carbocycles. The Kier molecular flexibility index (Phi) is 4.29. The van der Waals surface area contributed by atoms with Gasteiger partial charge < -0.3 is 4.90 Å². The van der Waals surface area contributed by atoms with E-state index in [-0.39, 0.29) is 0 Å². The average molecular weight is 334 g/mol. The van der Waals surface area contributed by atoms with Crippen molar-refractivity contribution in [2.75, 3.05) is 13.1 Å². The Labute approximate surface area is 146 Å². The maximum atomic E-state index is 8.91. The summed E-state index contributed by atoms with van der Waals surface area (Å²) in [4.78, 5) is 6.49. The van der Waals surface area contributed by atoms with E-state index in [4.69, 9.17) is 10.2 Å². The number of hydrogen-bond acceptors (Lipinski definition) is 3. The number of aromatic nitrogens is 1. The highest BCUT2D eigenvalue weighted by atomic mass is 32.1. The normalized spacial score (nSPS) is 20.8. The molecule has 0 saturated carbocycles. The second kappa shape index (κ2) is 6.72. The first kappa shape index (κ1) is 15.3. The first-order chi connectivity index (χ1) is 11.8. The molecule has 4 rings (SSSR count). The van der Waals surface area contributed by atoms with E-state index in [1.807, 2.05) is 23.5 Å². The number of benzene rings is 2. The Morgan fingerprint density at radius 1 is 1.17 bits per heavy atom. The lowest BCUT2D eigenvalue weighted by atomic mass is 9.98. The van der Waals surface area contributed by atoms with Gasteiger partial charge in [0.15, 0.2) is 0 Å². The van der Waals surface area contributed by atoms with Gasteiger partial charge in [-0.1, -0.05) is 24.3 Å². The van der Waals surface area contributed by atoms with Gasteiger partial charge in [0.1, 0.15) is 11.6 Å². The SMILES string of the molecule is N#Cc1ccc(C[NH+]2CCC[C@@H](c3nc4ccccc4s3)C2)cc1. The molecule has 120 valence electrons. The molecule has 2 atom stereocenters. The molecule has 1 aromatic heterocycles. The number of nitrogens with one attached hydrogen (secondary N) is 1. The van der Waals surface area contributed by atoms with Crippen LogP contribution in [0.25, 0.3) is 10.2 Å². The average Bonchev–Trinajstić information content (AvgIpc) is 3.07. The van der Waals surface area contributed by atoms with Gasteiger partial charge in [-0.2, -0.15) is 5.26 Å². The molecule has 3 nitrogen and oxygen atoms in total. The predicted molar refractivity (Wildman–Crippen MR) is 97.2 cm³/mol. The molecule has 0 bridgehead atoms. The molecule has 0 amide bonds. The van der Waals surface area contributed by atoms with E-state index in [1.54, 1.807) is 4.90 Å². The number of quaternary nitrogens is 1. The second-order valence-corrected chi connectivity index (χ2v) is 7.61. The van der Waals surface area contributed by atoms with Gasteiger partial charge in [-0.3, -0.25) is 0 Å². The lowest BCUT2D eigenvalue weighted by Gasteiger charge is -2.28. The Hall–Kier alpha value is -2.22. The Balaban J connectivity index is 1.47. The van der Waals surface area contributed by atoms with Crippen LogP contribution in [-0.2, 0) is 6.54 Å². The first-order valence-corrected chi connectivity index (χ1v) is 9.31. The summed E-state index contributed by atoms with van der Waals surface area (Å²) in [6, 6.07) is 18.6. The van der Waals surface area contributed by atoms with Gasteiger partial charge in [-0.25, -0.2) is 4.98 Å². The van der Waals surface area contributed by atoms with Crippen LogP contribution >= 0.6 is 11.3 Å². The van der Waals surface area contributed by atoms with E-state index in [2.05, 4.69) is 42.5 Å². The fourth-order valence-electron chi connectivity index (χ4n) is 3.57. The van der Waals surface area contributed by atoms with Crippen LogP contribution in [0.3, 0.4) is 0 Å². The zero-order valence-electron chi connectivity index (χ0n) is 13.5. The number of rotatable bonds is 3. The van der Waals surface area contributed by atoms with Crippen LogP contribution in [-0.4, -0.2) is 18.1 Å². The van der Waals surface area contributed by atoms with Gasteiger partial charge in [-0.05, 0) is 37.1 Å². The van der Waals surface area contributed by atoms with Crippen molar-refractivity contribution in [3.8, 4) is 6.07 Å². The van der Waals surface area contributed by atoms with Crippen molar-refractivity contribution in [3.63, 3.8) is 0 Å². The summed E-state index contributed by atoms with van der Waals surface area (Å²) >= 11 is 1.86. The standard InChI is InChI=1S/C20H19N3S/c21-12-15-7-9-16(10-8-15)13-23-11-3-4-17(14-23)20-22-18-5-1-2-6-19(18)24-20/h1-2,5-10,17H,3-4,11,13-14H2/p+1/t17-/m1/s1. The number of likely N-dealkylation sites (tertiary alicyclic amines) is 1. The predicted octanol–water partition coefficient (Wildman–Crippen LogP) is 3.13. The molecule has 1 aliphatic rings. The highest BCUT2D eigenvalue weighted by Crippen LogP contribution is 2.30. The Bertz CT molecular complexity index is 843. The van der Waals surface area contributed by atoms with E-state index in [1.165, 1.54) is 34.7 Å². The zero-order valence-corrected chi connectivity index (χ0v) is 14.4. The number of hydrogen-bond donors (Lipinski definition) is 1. The van der Waals surface area contributed by atoms with Crippen LogP contribution in [0, 0.1) is 11.3 Å². The van der Waals surface area contributed by atoms with Crippen molar-refractivity contribution in [2.24, 2.45) is 0 Å². The third-order valence-corrected chi connectivity index (χ3v) is 6.01. The summed E-state index contributed by atoms with van der Waals surface area (Å²) in [5.41, 5.74) is 3.19. The number of nitriles is 1. The number of piperidine rings is 1. The van der Waals surface area contributed by atoms with E-state index in [0.717, 1.165) is 24.2 Å². The quantitative estimate of drug-likeness (QED) is 0.799. The third kappa shape index (κ3) is 3.19. The Morgan fingerprint density at radius 2 is 2.00 bits per heavy atom. The molecule has 1 fully saturated rings. The van der Waals surface area contributed by atoms with E-state index in [9.17, 15) is 0 Å². The number of thiazole rings is 1. The van der Waals surface area contributed by atoms with Crippen molar-refractivity contribution in [1.82, 2.24) is 4.98 Å². The maximum Gasteiger partial charge on any atom is 0.103 e. The van der Waals surface area contributed by atoms with Crippen molar-refractivity contribution in [2.45, 2.75) is 25.3 Å². The molecule has 4 heteroatoms. The molecule has 3 aromatic rings. The second-order valence-electron chi connectivity index (χ2n) is 6.55. The van der Waals surface area contributed by atoms with Crippen molar-refractivity contribution in [1.29, 1.82) is 5.26 Å². The summed E-state index contributed by atoms with van der Waals surface area (Å²) in [6.07, 6.45) is 2.50. The molecule has 0 spiro atoms. The molecule has 0 radical (unpaired) electrons. The number of nitrogens with zero attached hydrogens (tertiary/aromatic N) is 2. The lowest BCUT2D eigenvalue weighted by molar-refractivity contribution is -0.920. The molecule has 1 unspecified atom stereocenters. The van der Waals surface area contributed by atoms with Crippen molar-refractivity contribution >= 4 is 21.6 Å². The summed E-state index contributed by atoms with van der Waals surface area (Å²) in [5, 5.41) is 10.2. The molecule has 24 heavy (non-hydrogen) atoms. The van der Waals surface area contributed by atoms with E-state index < -0.39 is 0 Å². The summed E-state index contributed by atoms with van der Waals surface area (Å²) in [5.74, 6) is 0.574. The number of fused-ring (bicyclic) bond motifs is 1. The molecule has 1 saturated heterocycles. The monoisotopic (exact) mass is 334 g/mol. The minimum atomic E-state index is 0.574. The third-order valence-electron chi connectivity index (χ3n) is 4.81. The fraction of sp³-hybridized carbons (Fsp3) is 0.300. The van der Waals surface area contributed by atoms with Crippen LogP contribution in [0.2, 0.25) is 0 Å². The summed E-state index contributed by atoms with van der Waals surface area (Å²) < 4.78 is 1.30. The van der Waals surface area contributed by atoms with Crippen LogP contribution in [0.4, 0.5) is 0 Å². The van der Waals surface area contributed by atoms with Gasteiger partial charge in [-0.15, -0.1) is 11.3 Å². The van der Waals surface area contributed by atoms with Crippen LogP contribution in [0.15, 0.2) is 48.5 Å². The lowest BCUT2D eigenvalue weighted by Crippen LogP contribution is -3.12. The van der Waals surface area contributed by atoms with Gasteiger partial charge >= 0.3 is 0 Å². The maximum absolute atomic E-state index is 8.91. The van der Waals surface area contributed by atoms with Crippen LogP contribution in [0.5, 0.6) is 0 Å². The Morgan fingerprint density at radius 3 is 2.79 bits per heavy atom. The summed E-state index contributed by atoms with van der Waals surface area (Å²) in [7, 11) is 0. The first-order valence-electron chi connectivity index (χ1n) is 8.50. The summed E-state index contributed by atoms with van der Waals surface area (Å²) in [6.45, 7) is 3.41. The fourth-order valence-corrected chi connectivity index (χ4v) is 4.67. The molecule has 1 N–H and O–H groups in total. The molecular weight excluding hydrogens is 314 g/mol.